The predicted octanol–water partition coefficient (Wildman–Crippen LogP) is 3.20. The van der Waals surface area contributed by atoms with Gasteiger partial charge in [0, 0.05) is 33.9 Å². The molecule has 2 aromatic rings. The van der Waals surface area contributed by atoms with Gasteiger partial charge >= 0.3 is 5.97 Å². The highest BCUT2D eigenvalue weighted by Gasteiger charge is 2.28. The van der Waals surface area contributed by atoms with Crippen LogP contribution >= 0.6 is 0 Å². The maximum atomic E-state index is 13.6. The second kappa shape index (κ2) is 12.7. The smallest absolute Gasteiger partial charge is 0.310 e. The second-order valence-electron chi connectivity index (χ2n) is 7.06. The van der Waals surface area contributed by atoms with E-state index in [2.05, 4.69) is 0 Å². The van der Waals surface area contributed by atoms with Crippen LogP contribution in [0.1, 0.15) is 34.0 Å². The molecule has 0 aliphatic heterocycles. The quantitative estimate of drug-likeness (QED) is 0.366. The Morgan fingerprint density at radius 1 is 0.906 bits per heavy atom. The third-order valence-electron chi connectivity index (χ3n) is 4.86. The van der Waals surface area contributed by atoms with Gasteiger partial charge in [-0.05, 0) is 23.1 Å². The van der Waals surface area contributed by atoms with Crippen molar-refractivity contribution in [1.82, 2.24) is 4.90 Å². The van der Waals surface area contributed by atoms with Crippen molar-refractivity contribution >= 4 is 11.9 Å². The fraction of sp³-hybridized carbons (Fsp3) is 0.417. The van der Waals surface area contributed by atoms with Crippen LogP contribution in [-0.4, -0.2) is 58.7 Å². The number of nitrogens with zero attached hydrogens (tertiary/aromatic N) is 1. The van der Waals surface area contributed by atoms with Crippen molar-refractivity contribution in [3.05, 3.63) is 58.7 Å². The molecule has 0 aromatic heterocycles. The highest BCUT2D eigenvalue weighted by atomic mass is 16.7. The average Bonchev–Trinajstić information content (AvgIpc) is 2.81. The molecule has 0 spiro atoms. The van der Waals surface area contributed by atoms with E-state index in [9.17, 15) is 9.59 Å². The van der Waals surface area contributed by atoms with Crippen LogP contribution in [-0.2, 0) is 38.4 Å². The van der Waals surface area contributed by atoms with Gasteiger partial charge in [-0.3, -0.25) is 9.59 Å². The van der Waals surface area contributed by atoms with E-state index in [1.165, 1.54) is 21.3 Å². The molecule has 1 amide bonds. The largest absolute Gasteiger partial charge is 0.469 e. The highest BCUT2D eigenvalue weighted by molar-refractivity contribution is 6.00. The molecule has 0 atom stereocenters. The summed E-state index contributed by atoms with van der Waals surface area (Å²) >= 11 is 0. The summed E-state index contributed by atoms with van der Waals surface area (Å²) < 4.78 is 26.4. The molecule has 32 heavy (non-hydrogen) atoms. The normalized spacial score (nSPS) is 10.5. The molecule has 8 heteroatoms. The molecular formula is C24H31NO7. The van der Waals surface area contributed by atoms with Crippen LogP contribution in [0.25, 0.3) is 0 Å². The fourth-order valence-corrected chi connectivity index (χ4v) is 3.37. The van der Waals surface area contributed by atoms with Crippen molar-refractivity contribution in [2.24, 2.45) is 0 Å². The van der Waals surface area contributed by atoms with E-state index in [-0.39, 0.29) is 37.2 Å². The van der Waals surface area contributed by atoms with Gasteiger partial charge in [0.05, 0.1) is 19.1 Å². The van der Waals surface area contributed by atoms with E-state index >= 15 is 0 Å². The molecule has 0 saturated heterocycles. The van der Waals surface area contributed by atoms with Crippen LogP contribution in [0.2, 0.25) is 0 Å². The second-order valence-corrected chi connectivity index (χ2v) is 7.06. The Labute approximate surface area is 189 Å². The summed E-state index contributed by atoms with van der Waals surface area (Å²) in [5.41, 5.74) is 2.48. The van der Waals surface area contributed by atoms with Crippen LogP contribution in [0.5, 0.6) is 11.5 Å². The minimum Gasteiger partial charge on any atom is -0.469 e. The summed E-state index contributed by atoms with van der Waals surface area (Å²) in [6.07, 6.45) is 0.423. The molecule has 8 nitrogen and oxygen atoms in total. The lowest BCUT2D eigenvalue weighted by Crippen LogP contribution is -2.29. The number of hydrogen-bond donors (Lipinski definition) is 0. The lowest BCUT2D eigenvalue weighted by Gasteiger charge is -2.24. The van der Waals surface area contributed by atoms with Gasteiger partial charge in [0.15, 0.2) is 13.6 Å². The molecular weight excluding hydrogens is 414 g/mol. The summed E-state index contributed by atoms with van der Waals surface area (Å²) in [7, 11) is 6.02. The Bertz CT molecular complexity index is 899. The zero-order valence-electron chi connectivity index (χ0n) is 19.3. The number of esters is 1. The molecule has 0 radical (unpaired) electrons. The number of rotatable bonds is 12. The zero-order valence-corrected chi connectivity index (χ0v) is 19.3. The van der Waals surface area contributed by atoms with E-state index in [1.807, 2.05) is 37.3 Å². The van der Waals surface area contributed by atoms with Crippen LogP contribution in [0, 0.1) is 0 Å². The van der Waals surface area contributed by atoms with Gasteiger partial charge in [-0.15, -0.1) is 0 Å². The molecule has 2 rings (SSSR count). The fourth-order valence-electron chi connectivity index (χ4n) is 3.37. The van der Waals surface area contributed by atoms with Crippen molar-refractivity contribution in [1.29, 1.82) is 0 Å². The lowest BCUT2D eigenvalue weighted by molar-refractivity contribution is -0.139. The Kier molecular flexibility index (Phi) is 9.97. The number of methoxy groups -OCH3 is 3. The van der Waals surface area contributed by atoms with E-state index in [0.717, 1.165) is 5.56 Å². The van der Waals surface area contributed by atoms with E-state index in [4.69, 9.17) is 23.7 Å². The van der Waals surface area contributed by atoms with E-state index in [0.29, 0.717) is 29.8 Å². The first kappa shape index (κ1) is 25.2. The monoisotopic (exact) mass is 445 g/mol. The summed E-state index contributed by atoms with van der Waals surface area (Å²) in [6, 6.07) is 11.3. The molecule has 0 unspecified atom stereocenters. The van der Waals surface area contributed by atoms with Crippen molar-refractivity contribution < 1.29 is 33.3 Å². The van der Waals surface area contributed by atoms with Crippen molar-refractivity contribution in [2.75, 3.05) is 42.0 Å². The van der Waals surface area contributed by atoms with Crippen LogP contribution < -0.4 is 9.47 Å². The van der Waals surface area contributed by atoms with E-state index < -0.39 is 5.97 Å². The number of benzene rings is 2. The lowest BCUT2D eigenvalue weighted by atomic mass is 9.93. The van der Waals surface area contributed by atoms with Crippen LogP contribution in [0.3, 0.4) is 0 Å². The topological polar surface area (TPSA) is 83.5 Å². The number of carbonyl (C=O) groups excluding carboxylic acids is 2. The summed E-state index contributed by atoms with van der Waals surface area (Å²) in [6.45, 7) is 2.25. The maximum absolute atomic E-state index is 13.6. The summed E-state index contributed by atoms with van der Waals surface area (Å²) in [5.74, 6) is -0.0199. The molecule has 0 heterocycles. The number of ether oxygens (including phenoxy) is 5. The molecule has 0 fully saturated rings. The number of amides is 1. The maximum Gasteiger partial charge on any atom is 0.310 e. The van der Waals surface area contributed by atoms with Gasteiger partial charge in [0.2, 0.25) is 0 Å². The molecule has 0 aliphatic carbocycles. The average molecular weight is 446 g/mol. The van der Waals surface area contributed by atoms with E-state index in [1.54, 1.807) is 18.0 Å². The predicted molar refractivity (Wildman–Crippen MR) is 119 cm³/mol. The third kappa shape index (κ3) is 6.45. The van der Waals surface area contributed by atoms with Crippen molar-refractivity contribution in [3.63, 3.8) is 0 Å². The summed E-state index contributed by atoms with van der Waals surface area (Å²) in [5, 5.41) is 0. The Morgan fingerprint density at radius 3 is 2.09 bits per heavy atom. The van der Waals surface area contributed by atoms with Crippen LogP contribution in [0.15, 0.2) is 36.4 Å². The van der Waals surface area contributed by atoms with Crippen LogP contribution in [0.4, 0.5) is 0 Å². The minimum absolute atomic E-state index is 0.00951. The first-order chi connectivity index (χ1) is 15.5. The van der Waals surface area contributed by atoms with Gasteiger partial charge in [-0.2, -0.15) is 0 Å². The van der Waals surface area contributed by atoms with Gasteiger partial charge in [-0.1, -0.05) is 37.3 Å². The van der Waals surface area contributed by atoms with Crippen molar-refractivity contribution in [3.8, 4) is 11.5 Å². The summed E-state index contributed by atoms with van der Waals surface area (Å²) in [4.78, 5) is 27.4. The van der Waals surface area contributed by atoms with Gasteiger partial charge in [0.25, 0.3) is 5.91 Å². The molecule has 2 aromatic carbocycles. The van der Waals surface area contributed by atoms with Gasteiger partial charge in [0.1, 0.15) is 11.5 Å². The SMILES string of the molecule is CCc1c(OCOC)cc(OCOC)c(C(=O)N(C)Cc2ccccc2)c1CC(=O)OC. The standard InChI is InChI=1S/C24H31NO7/c1-6-18-19(12-22(26)30-5)23(21(32-16-29-4)13-20(18)31-15-28-3)24(27)25(2)14-17-10-8-7-9-11-17/h7-11,13H,6,12,14-16H2,1-5H3. The molecule has 0 aliphatic rings. The minimum atomic E-state index is -0.471. The molecule has 0 saturated carbocycles. The van der Waals surface area contributed by atoms with Crippen molar-refractivity contribution in [2.45, 2.75) is 26.3 Å². The third-order valence-corrected chi connectivity index (χ3v) is 4.86. The van der Waals surface area contributed by atoms with Gasteiger partial charge in [-0.25, -0.2) is 0 Å². The first-order valence-electron chi connectivity index (χ1n) is 10.2. The Morgan fingerprint density at radius 2 is 1.53 bits per heavy atom. The molecule has 0 bridgehead atoms. The first-order valence-corrected chi connectivity index (χ1v) is 10.2. The molecule has 174 valence electrons. The zero-order chi connectivity index (χ0) is 23.5. The Hall–Kier alpha value is -3.10. The Balaban J connectivity index is 2.60. The number of carbonyl (C=O) groups is 2. The highest BCUT2D eigenvalue weighted by Crippen LogP contribution is 2.36. The molecule has 0 N–H and O–H groups in total. The van der Waals surface area contributed by atoms with Gasteiger partial charge < -0.3 is 28.6 Å². The number of hydrogen-bond acceptors (Lipinski definition) is 7.